The van der Waals surface area contributed by atoms with E-state index >= 15 is 0 Å². The minimum atomic E-state index is -0.355. The van der Waals surface area contributed by atoms with E-state index in [0.29, 0.717) is 29.8 Å². The van der Waals surface area contributed by atoms with E-state index in [4.69, 9.17) is 15.2 Å². The maximum atomic E-state index is 11.9. The van der Waals surface area contributed by atoms with Gasteiger partial charge in [-0.05, 0) is 24.1 Å². The standard InChI is InChI=1S/C14H18N2O3S/c1-9(2)8-18-5-6-19-13(17)10-3-4-11-12(7-10)20-14(15)16-11/h3-4,7,9H,5-6,8H2,1-2H3,(H2,15,16). The average molecular weight is 294 g/mol. The van der Waals surface area contributed by atoms with E-state index in [2.05, 4.69) is 18.8 Å². The SMILES string of the molecule is CC(C)COCCOC(=O)c1ccc2nc(N)sc2c1. The van der Waals surface area contributed by atoms with Crippen molar-refractivity contribution in [3.63, 3.8) is 0 Å². The molecular formula is C14H18N2O3S. The number of carbonyl (C=O) groups excluding carboxylic acids is 1. The van der Waals surface area contributed by atoms with Crippen LogP contribution in [-0.2, 0) is 9.47 Å². The lowest BCUT2D eigenvalue weighted by Gasteiger charge is -2.07. The molecule has 1 heterocycles. The Bertz CT molecular complexity index is 595. The predicted octanol–water partition coefficient (Wildman–Crippen LogP) is 2.71. The maximum Gasteiger partial charge on any atom is 0.338 e. The molecule has 0 fully saturated rings. The summed E-state index contributed by atoms with van der Waals surface area (Å²) in [6.07, 6.45) is 0. The third kappa shape index (κ3) is 3.91. The number of hydrogen-bond acceptors (Lipinski definition) is 6. The van der Waals surface area contributed by atoms with E-state index in [1.165, 1.54) is 11.3 Å². The molecule has 0 radical (unpaired) electrons. The molecule has 0 aliphatic rings. The molecule has 0 spiro atoms. The Kier molecular flexibility index (Phi) is 4.92. The van der Waals surface area contributed by atoms with Gasteiger partial charge in [0.15, 0.2) is 5.13 Å². The smallest absolute Gasteiger partial charge is 0.338 e. The first-order valence-corrected chi connectivity index (χ1v) is 7.29. The van der Waals surface area contributed by atoms with Crippen LogP contribution in [0.25, 0.3) is 10.2 Å². The summed E-state index contributed by atoms with van der Waals surface area (Å²) in [5, 5.41) is 0.493. The van der Waals surface area contributed by atoms with Crippen LogP contribution in [-0.4, -0.2) is 30.8 Å². The van der Waals surface area contributed by atoms with Crippen LogP contribution in [0.5, 0.6) is 0 Å². The molecule has 2 rings (SSSR count). The zero-order chi connectivity index (χ0) is 14.5. The highest BCUT2D eigenvalue weighted by atomic mass is 32.1. The number of fused-ring (bicyclic) bond motifs is 1. The van der Waals surface area contributed by atoms with Gasteiger partial charge in [0.05, 0.1) is 22.4 Å². The summed E-state index contributed by atoms with van der Waals surface area (Å²) in [7, 11) is 0. The number of nitrogens with zero attached hydrogens (tertiary/aromatic N) is 1. The van der Waals surface area contributed by atoms with E-state index in [-0.39, 0.29) is 12.6 Å². The Labute approximate surface area is 121 Å². The highest BCUT2D eigenvalue weighted by Gasteiger charge is 2.10. The summed E-state index contributed by atoms with van der Waals surface area (Å²) in [5.41, 5.74) is 6.93. The molecule has 0 bridgehead atoms. The predicted molar refractivity (Wildman–Crippen MR) is 80.0 cm³/mol. The Morgan fingerprint density at radius 2 is 2.20 bits per heavy atom. The van der Waals surface area contributed by atoms with Crippen LogP contribution in [0.2, 0.25) is 0 Å². The molecule has 1 aromatic carbocycles. The molecule has 1 aromatic heterocycles. The van der Waals surface area contributed by atoms with Gasteiger partial charge < -0.3 is 15.2 Å². The number of ether oxygens (including phenoxy) is 2. The van der Waals surface area contributed by atoms with Crippen molar-refractivity contribution in [3.05, 3.63) is 23.8 Å². The molecule has 5 nitrogen and oxygen atoms in total. The number of hydrogen-bond donors (Lipinski definition) is 1. The first-order chi connectivity index (χ1) is 9.56. The monoisotopic (exact) mass is 294 g/mol. The van der Waals surface area contributed by atoms with Crippen molar-refractivity contribution in [1.29, 1.82) is 0 Å². The molecule has 0 unspecified atom stereocenters. The molecule has 2 N–H and O–H groups in total. The average Bonchev–Trinajstić information content (AvgIpc) is 2.76. The summed E-state index contributed by atoms with van der Waals surface area (Å²) in [6.45, 7) is 5.49. The molecule has 6 heteroatoms. The lowest BCUT2D eigenvalue weighted by Crippen LogP contribution is -2.12. The second-order valence-corrected chi connectivity index (χ2v) is 5.90. The number of aromatic nitrogens is 1. The number of rotatable bonds is 6. The lowest BCUT2D eigenvalue weighted by atomic mass is 10.2. The normalized spacial score (nSPS) is 11.2. The number of thiazole rings is 1. The van der Waals surface area contributed by atoms with Crippen molar-refractivity contribution >= 4 is 32.7 Å². The van der Waals surface area contributed by atoms with Gasteiger partial charge in [-0.1, -0.05) is 25.2 Å². The zero-order valence-electron chi connectivity index (χ0n) is 11.6. The molecule has 0 amide bonds. The first kappa shape index (κ1) is 14.7. The summed E-state index contributed by atoms with van der Waals surface area (Å²) < 4.78 is 11.4. The Morgan fingerprint density at radius 1 is 1.40 bits per heavy atom. The van der Waals surface area contributed by atoms with Crippen molar-refractivity contribution in [2.45, 2.75) is 13.8 Å². The van der Waals surface area contributed by atoms with Crippen LogP contribution >= 0.6 is 11.3 Å². The van der Waals surface area contributed by atoms with Crippen molar-refractivity contribution in [2.75, 3.05) is 25.6 Å². The van der Waals surface area contributed by atoms with Crippen molar-refractivity contribution in [3.8, 4) is 0 Å². The highest BCUT2D eigenvalue weighted by Crippen LogP contribution is 2.24. The Hall–Kier alpha value is -1.66. The van der Waals surface area contributed by atoms with E-state index in [9.17, 15) is 4.79 Å². The molecule has 2 aromatic rings. The quantitative estimate of drug-likeness (QED) is 0.655. The number of nitrogens with two attached hydrogens (primary N) is 1. The van der Waals surface area contributed by atoms with Gasteiger partial charge in [0, 0.05) is 6.61 Å². The third-order valence-electron chi connectivity index (χ3n) is 2.55. The van der Waals surface area contributed by atoms with E-state index in [0.717, 1.165) is 10.2 Å². The van der Waals surface area contributed by atoms with Crippen molar-refractivity contribution in [1.82, 2.24) is 4.98 Å². The van der Waals surface area contributed by atoms with Crippen molar-refractivity contribution in [2.24, 2.45) is 5.92 Å². The minimum absolute atomic E-state index is 0.258. The van der Waals surface area contributed by atoms with Gasteiger partial charge in [0.2, 0.25) is 0 Å². The van der Waals surface area contributed by atoms with Gasteiger partial charge in [-0.3, -0.25) is 0 Å². The fourth-order valence-corrected chi connectivity index (χ4v) is 2.44. The van der Waals surface area contributed by atoms with Gasteiger partial charge in [-0.15, -0.1) is 0 Å². The molecule has 20 heavy (non-hydrogen) atoms. The van der Waals surface area contributed by atoms with Gasteiger partial charge >= 0.3 is 5.97 Å². The molecular weight excluding hydrogens is 276 g/mol. The number of anilines is 1. The van der Waals surface area contributed by atoms with Gasteiger partial charge in [-0.2, -0.15) is 0 Å². The van der Waals surface area contributed by atoms with E-state index < -0.39 is 0 Å². The fraction of sp³-hybridized carbons (Fsp3) is 0.429. The topological polar surface area (TPSA) is 74.4 Å². The third-order valence-corrected chi connectivity index (χ3v) is 3.40. The molecule has 0 saturated carbocycles. The first-order valence-electron chi connectivity index (χ1n) is 6.47. The summed E-state index contributed by atoms with van der Waals surface area (Å²) in [4.78, 5) is 16.0. The van der Waals surface area contributed by atoms with Gasteiger partial charge in [0.1, 0.15) is 6.61 Å². The van der Waals surface area contributed by atoms with Gasteiger partial charge in [0.25, 0.3) is 0 Å². The molecule has 0 saturated heterocycles. The summed E-state index contributed by atoms with van der Waals surface area (Å²) >= 11 is 1.35. The molecule has 0 aliphatic carbocycles. The van der Waals surface area contributed by atoms with Crippen molar-refractivity contribution < 1.29 is 14.3 Å². The fourth-order valence-electron chi connectivity index (χ4n) is 1.67. The van der Waals surface area contributed by atoms with Crippen LogP contribution in [0, 0.1) is 5.92 Å². The number of esters is 1. The van der Waals surface area contributed by atoms with Gasteiger partial charge in [-0.25, -0.2) is 9.78 Å². The highest BCUT2D eigenvalue weighted by molar-refractivity contribution is 7.22. The van der Waals surface area contributed by atoms with E-state index in [1.54, 1.807) is 18.2 Å². The molecule has 0 aliphatic heterocycles. The van der Waals surface area contributed by atoms with E-state index in [1.807, 2.05) is 0 Å². The van der Waals surface area contributed by atoms with Crippen LogP contribution < -0.4 is 5.73 Å². The lowest BCUT2D eigenvalue weighted by molar-refractivity contribution is 0.0278. The van der Waals surface area contributed by atoms with Crippen LogP contribution in [0.4, 0.5) is 5.13 Å². The minimum Gasteiger partial charge on any atom is -0.460 e. The van der Waals surface area contributed by atoms with Crippen LogP contribution in [0.15, 0.2) is 18.2 Å². The number of carbonyl (C=O) groups is 1. The Balaban J connectivity index is 1.87. The van der Waals surface area contributed by atoms with Crippen LogP contribution in [0.1, 0.15) is 24.2 Å². The Morgan fingerprint density at radius 3 is 2.95 bits per heavy atom. The molecule has 0 atom stereocenters. The second kappa shape index (κ2) is 6.67. The zero-order valence-corrected chi connectivity index (χ0v) is 12.4. The van der Waals surface area contributed by atoms with Crippen LogP contribution in [0.3, 0.4) is 0 Å². The maximum absolute atomic E-state index is 11.9. The summed E-state index contributed by atoms with van der Waals surface area (Å²) in [6, 6.07) is 5.22. The second-order valence-electron chi connectivity index (χ2n) is 4.84. The molecule has 108 valence electrons. The largest absolute Gasteiger partial charge is 0.460 e. The summed E-state index contributed by atoms with van der Waals surface area (Å²) in [5.74, 6) is 0.122. The number of benzene rings is 1. The number of nitrogen functional groups attached to an aromatic ring is 1.